The van der Waals surface area contributed by atoms with Gasteiger partial charge in [0.05, 0.1) is 18.2 Å². The Kier molecular flexibility index (Phi) is 3.48. The van der Waals surface area contributed by atoms with Crippen LogP contribution in [0.25, 0.3) is 20.7 Å². The quantitative estimate of drug-likeness (QED) is 0.561. The SMILES string of the molecule is O=c1c2cc(-c3ccccc3)sc2[nH]c(=S)n1Cc1ccco1. The summed E-state index contributed by atoms with van der Waals surface area (Å²) in [4.78, 5) is 17.8. The number of aromatic nitrogens is 2. The first-order valence-corrected chi connectivity index (χ1v) is 8.29. The second kappa shape index (κ2) is 5.64. The fourth-order valence-corrected chi connectivity index (χ4v) is 3.86. The molecule has 0 aliphatic heterocycles. The highest BCUT2D eigenvalue weighted by atomic mass is 32.1. The van der Waals surface area contributed by atoms with Crippen LogP contribution < -0.4 is 5.56 Å². The first-order chi connectivity index (χ1) is 11.2. The van der Waals surface area contributed by atoms with Crippen LogP contribution in [0.2, 0.25) is 0 Å². The number of nitrogens with zero attached hydrogens (tertiary/aromatic N) is 1. The molecule has 23 heavy (non-hydrogen) atoms. The van der Waals surface area contributed by atoms with Gasteiger partial charge in [0.2, 0.25) is 0 Å². The molecule has 0 spiro atoms. The maximum Gasteiger partial charge on any atom is 0.263 e. The van der Waals surface area contributed by atoms with Gasteiger partial charge in [0.25, 0.3) is 5.56 Å². The molecular formula is C17H12N2O2S2. The zero-order valence-corrected chi connectivity index (χ0v) is 13.6. The van der Waals surface area contributed by atoms with Crippen LogP contribution in [0, 0.1) is 4.77 Å². The first-order valence-electron chi connectivity index (χ1n) is 7.07. The largest absolute Gasteiger partial charge is 0.467 e. The molecule has 4 nitrogen and oxygen atoms in total. The van der Waals surface area contributed by atoms with Gasteiger partial charge in [0.15, 0.2) is 4.77 Å². The summed E-state index contributed by atoms with van der Waals surface area (Å²) < 4.78 is 7.25. The summed E-state index contributed by atoms with van der Waals surface area (Å²) in [6.45, 7) is 0.327. The number of nitrogens with one attached hydrogen (secondary N) is 1. The van der Waals surface area contributed by atoms with Gasteiger partial charge in [0, 0.05) is 4.88 Å². The summed E-state index contributed by atoms with van der Waals surface area (Å²) in [7, 11) is 0. The minimum absolute atomic E-state index is 0.0985. The Labute approximate surface area is 140 Å². The average Bonchev–Trinajstić information content (AvgIpc) is 3.22. The van der Waals surface area contributed by atoms with Crippen LogP contribution in [0.4, 0.5) is 0 Å². The Bertz CT molecular complexity index is 1070. The van der Waals surface area contributed by atoms with Crippen molar-refractivity contribution >= 4 is 33.8 Å². The fraction of sp³-hybridized carbons (Fsp3) is 0.0588. The van der Waals surface area contributed by atoms with Crippen LogP contribution in [0.15, 0.2) is 64.0 Å². The van der Waals surface area contributed by atoms with Crippen molar-refractivity contribution in [3.8, 4) is 10.4 Å². The van der Waals surface area contributed by atoms with E-state index in [1.165, 1.54) is 15.9 Å². The lowest BCUT2D eigenvalue weighted by atomic mass is 10.2. The van der Waals surface area contributed by atoms with Crippen molar-refractivity contribution in [2.24, 2.45) is 0 Å². The van der Waals surface area contributed by atoms with Gasteiger partial charge in [-0.25, -0.2) is 0 Å². The number of rotatable bonds is 3. The Morgan fingerprint density at radius 1 is 1.17 bits per heavy atom. The smallest absolute Gasteiger partial charge is 0.263 e. The molecule has 0 amide bonds. The Hall–Kier alpha value is -2.44. The lowest BCUT2D eigenvalue weighted by molar-refractivity contribution is 0.487. The van der Waals surface area contributed by atoms with E-state index in [2.05, 4.69) is 4.98 Å². The Balaban J connectivity index is 1.88. The lowest BCUT2D eigenvalue weighted by Crippen LogP contribution is -2.21. The predicted molar refractivity (Wildman–Crippen MR) is 94.5 cm³/mol. The van der Waals surface area contributed by atoms with Crippen LogP contribution in [0.1, 0.15) is 5.76 Å². The number of fused-ring (bicyclic) bond motifs is 1. The van der Waals surface area contributed by atoms with Crippen molar-refractivity contribution < 1.29 is 4.42 Å². The molecule has 0 aliphatic rings. The van der Waals surface area contributed by atoms with Crippen molar-refractivity contribution in [1.82, 2.24) is 9.55 Å². The molecule has 0 aliphatic carbocycles. The lowest BCUT2D eigenvalue weighted by Gasteiger charge is -2.03. The Morgan fingerprint density at radius 3 is 2.74 bits per heavy atom. The molecule has 3 aromatic heterocycles. The number of thiophene rings is 1. The second-order valence-corrected chi connectivity index (χ2v) is 6.56. The van der Waals surface area contributed by atoms with Crippen molar-refractivity contribution in [1.29, 1.82) is 0 Å². The molecule has 0 atom stereocenters. The molecule has 1 aromatic carbocycles. The van der Waals surface area contributed by atoms with Gasteiger partial charge in [-0.2, -0.15) is 0 Å². The van der Waals surface area contributed by atoms with E-state index in [-0.39, 0.29) is 5.56 Å². The number of benzene rings is 1. The maximum absolute atomic E-state index is 12.8. The number of H-pyrrole nitrogens is 1. The van der Waals surface area contributed by atoms with Gasteiger partial charge in [-0.1, -0.05) is 30.3 Å². The first kappa shape index (κ1) is 14.2. The topological polar surface area (TPSA) is 50.9 Å². The minimum atomic E-state index is -0.0985. The van der Waals surface area contributed by atoms with Crippen molar-refractivity contribution in [3.63, 3.8) is 0 Å². The summed E-state index contributed by atoms with van der Waals surface area (Å²) in [5.74, 6) is 0.699. The predicted octanol–water partition coefficient (Wildman–Crippen LogP) is 4.43. The highest BCUT2D eigenvalue weighted by Crippen LogP contribution is 2.30. The molecular weight excluding hydrogens is 328 g/mol. The van der Waals surface area contributed by atoms with Gasteiger partial charge in [-0.05, 0) is 36.0 Å². The number of furan rings is 1. The molecule has 0 radical (unpaired) electrons. The molecule has 1 N–H and O–H groups in total. The fourth-order valence-electron chi connectivity index (χ4n) is 2.49. The zero-order chi connectivity index (χ0) is 15.8. The van der Waals surface area contributed by atoms with E-state index in [1.54, 1.807) is 12.3 Å². The zero-order valence-electron chi connectivity index (χ0n) is 12.0. The van der Waals surface area contributed by atoms with Crippen molar-refractivity contribution in [2.75, 3.05) is 0 Å². The van der Waals surface area contributed by atoms with Gasteiger partial charge >= 0.3 is 0 Å². The van der Waals surface area contributed by atoms with E-state index in [4.69, 9.17) is 16.6 Å². The summed E-state index contributed by atoms with van der Waals surface area (Å²) in [5, 5.41) is 0.647. The van der Waals surface area contributed by atoms with Crippen molar-refractivity contribution in [2.45, 2.75) is 6.54 Å². The third-order valence-electron chi connectivity index (χ3n) is 3.63. The molecule has 0 saturated heterocycles. The number of hydrogen-bond donors (Lipinski definition) is 1. The number of aromatic amines is 1. The summed E-state index contributed by atoms with van der Waals surface area (Å²) in [5.41, 5.74) is 0.989. The third-order valence-corrected chi connectivity index (χ3v) is 5.05. The molecule has 3 heterocycles. The average molecular weight is 340 g/mol. The third kappa shape index (κ3) is 2.56. The normalized spacial score (nSPS) is 11.1. The minimum Gasteiger partial charge on any atom is -0.467 e. The van der Waals surface area contributed by atoms with Crippen LogP contribution >= 0.6 is 23.6 Å². The van der Waals surface area contributed by atoms with Crippen LogP contribution in [0.5, 0.6) is 0 Å². The molecule has 0 saturated carbocycles. The van der Waals surface area contributed by atoms with E-state index in [0.29, 0.717) is 22.5 Å². The molecule has 4 rings (SSSR count). The van der Waals surface area contributed by atoms with E-state index < -0.39 is 0 Å². The summed E-state index contributed by atoms with van der Waals surface area (Å²) >= 11 is 6.87. The molecule has 0 bridgehead atoms. The van der Waals surface area contributed by atoms with Crippen molar-refractivity contribution in [3.05, 3.63) is 75.7 Å². The van der Waals surface area contributed by atoms with E-state index in [9.17, 15) is 4.79 Å². The molecule has 0 fully saturated rings. The second-order valence-electron chi connectivity index (χ2n) is 5.12. The molecule has 4 aromatic rings. The van der Waals surface area contributed by atoms with Crippen LogP contribution in [-0.2, 0) is 6.54 Å². The highest BCUT2D eigenvalue weighted by molar-refractivity contribution is 7.71. The Morgan fingerprint density at radius 2 is 2.00 bits per heavy atom. The summed E-state index contributed by atoms with van der Waals surface area (Å²) in [6.07, 6.45) is 1.59. The molecule has 6 heteroatoms. The van der Waals surface area contributed by atoms with Gasteiger partial charge in [-0.15, -0.1) is 11.3 Å². The molecule has 0 unspecified atom stereocenters. The van der Waals surface area contributed by atoms with Gasteiger partial charge < -0.3 is 9.40 Å². The van der Waals surface area contributed by atoms with E-state index >= 15 is 0 Å². The van der Waals surface area contributed by atoms with E-state index in [0.717, 1.165) is 15.3 Å². The maximum atomic E-state index is 12.8. The standard InChI is InChI=1S/C17H12N2O2S2/c20-16-13-9-14(11-5-2-1-3-6-11)23-15(13)18-17(22)19(16)10-12-7-4-8-21-12/h1-9H,10H2,(H,18,22). The van der Waals surface area contributed by atoms with Gasteiger partial charge in [-0.3, -0.25) is 9.36 Å². The molecule has 114 valence electrons. The van der Waals surface area contributed by atoms with E-state index in [1.807, 2.05) is 42.5 Å². The van der Waals surface area contributed by atoms with Crippen LogP contribution in [0.3, 0.4) is 0 Å². The number of hydrogen-bond acceptors (Lipinski definition) is 4. The highest BCUT2D eigenvalue weighted by Gasteiger charge is 2.12. The van der Waals surface area contributed by atoms with Gasteiger partial charge in [0.1, 0.15) is 10.6 Å². The van der Waals surface area contributed by atoms with Crippen LogP contribution in [-0.4, -0.2) is 9.55 Å². The summed E-state index contributed by atoms with van der Waals surface area (Å²) in [6, 6.07) is 15.5. The monoisotopic (exact) mass is 340 g/mol.